The van der Waals surface area contributed by atoms with Crippen molar-refractivity contribution in [3.8, 4) is 23.0 Å². The predicted octanol–water partition coefficient (Wildman–Crippen LogP) is 4.01. The van der Waals surface area contributed by atoms with E-state index in [0.717, 1.165) is 11.3 Å². The molecule has 3 heterocycles. The molecule has 6 nitrogen and oxygen atoms in total. The molecule has 0 radical (unpaired) electrons. The third-order valence-corrected chi connectivity index (χ3v) is 4.63. The van der Waals surface area contributed by atoms with Gasteiger partial charge < -0.3 is 13.8 Å². The summed E-state index contributed by atoms with van der Waals surface area (Å²) in [6.45, 7) is 1.08. The van der Waals surface area contributed by atoms with E-state index in [1.165, 1.54) is 12.1 Å². The van der Waals surface area contributed by atoms with Crippen LogP contribution < -0.4 is 0 Å². The SMILES string of the molecule is Fc1ccc(-c2noc(-c3ncn4c3CO[C@@H](c3ccccc3)C4)n2)cc1. The van der Waals surface area contributed by atoms with Crippen molar-refractivity contribution in [2.75, 3.05) is 0 Å². The van der Waals surface area contributed by atoms with Gasteiger partial charge in [0.15, 0.2) is 5.69 Å². The van der Waals surface area contributed by atoms with E-state index >= 15 is 0 Å². The number of fused-ring (bicyclic) bond motifs is 1. The average molecular weight is 362 g/mol. The fourth-order valence-corrected chi connectivity index (χ4v) is 3.21. The lowest BCUT2D eigenvalue weighted by Crippen LogP contribution is -2.20. The van der Waals surface area contributed by atoms with Crippen LogP contribution in [0.25, 0.3) is 23.0 Å². The molecule has 1 aliphatic rings. The molecule has 0 saturated heterocycles. The standard InChI is InChI=1S/C20H15FN4O2/c21-15-8-6-14(7-9-15)19-23-20(27-24-19)18-16-11-26-17(10-25(16)12-22-18)13-4-2-1-3-5-13/h1-9,12,17H,10-11H2/t17-/m1/s1. The first kappa shape index (κ1) is 15.9. The summed E-state index contributed by atoms with van der Waals surface area (Å²) in [7, 11) is 0. The quantitative estimate of drug-likeness (QED) is 0.551. The molecule has 7 heteroatoms. The van der Waals surface area contributed by atoms with Crippen LogP contribution in [-0.2, 0) is 17.9 Å². The molecule has 0 saturated carbocycles. The lowest BCUT2D eigenvalue weighted by molar-refractivity contribution is 0.00330. The second kappa shape index (κ2) is 6.44. The highest BCUT2D eigenvalue weighted by molar-refractivity contribution is 5.59. The average Bonchev–Trinajstić information content (AvgIpc) is 3.35. The zero-order chi connectivity index (χ0) is 18.2. The number of aromatic nitrogens is 4. The molecule has 0 N–H and O–H groups in total. The van der Waals surface area contributed by atoms with Crippen molar-refractivity contribution in [3.63, 3.8) is 0 Å². The highest BCUT2D eigenvalue weighted by Crippen LogP contribution is 2.31. The second-order valence-electron chi connectivity index (χ2n) is 6.33. The maximum atomic E-state index is 13.1. The van der Waals surface area contributed by atoms with Gasteiger partial charge in [-0.1, -0.05) is 35.5 Å². The van der Waals surface area contributed by atoms with Gasteiger partial charge in [-0.05, 0) is 29.8 Å². The van der Waals surface area contributed by atoms with Crippen LogP contribution in [0.5, 0.6) is 0 Å². The monoisotopic (exact) mass is 362 g/mol. The van der Waals surface area contributed by atoms with E-state index in [1.54, 1.807) is 18.5 Å². The Morgan fingerprint density at radius 2 is 1.85 bits per heavy atom. The van der Waals surface area contributed by atoms with Crippen LogP contribution in [0.1, 0.15) is 17.4 Å². The van der Waals surface area contributed by atoms with Crippen molar-refractivity contribution in [2.24, 2.45) is 0 Å². The molecule has 0 unspecified atom stereocenters. The van der Waals surface area contributed by atoms with Gasteiger partial charge in [0, 0.05) is 5.56 Å². The van der Waals surface area contributed by atoms with Gasteiger partial charge in [-0.15, -0.1) is 0 Å². The Kier molecular flexibility index (Phi) is 3.79. The van der Waals surface area contributed by atoms with Gasteiger partial charge in [0.05, 0.1) is 25.2 Å². The fraction of sp³-hybridized carbons (Fsp3) is 0.150. The van der Waals surface area contributed by atoms with E-state index in [4.69, 9.17) is 9.26 Å². The van der Waals surface area contributed by atoms with Crippen molar-refractivity contribution >= 4 is 0 Å². The molecule has 5 rings (SSSR count). The van der Waals surface area contributed by atoms with E-state index < -0.39 is 0 Å². The molecule has 1 aliphatic heterocycles. The molecule has 1 atom stereocenters. The lowest BCUT2D eigenvalue weighted by atomic mass is 10.1. The van der Waals surface area contributed by atoms with Crippen LogP contribution in [0.3, 0.4) is 0 Å². The van der Waals surface area contributed by atoms with Crippen molar-refractivity contribution in [2.45, 2.75) is 19.3 Å². The minimum atomic E-state index is -0.309. The van der Waals surface area contributed by atoms with Crippen molar-refractivity contribution in [3.05, 3.63) is 78.0 Å². The Balaban J connectivity index is 1.42. The number of rotatable bonds is 3. The predicted molar refractivity (Wildman–Crippen MR) is 94.9 cm³/mol. The molecule has 134 valence electrons. The van der Waals surface area contributed by atoms with Crippen LogP contribution in [-0.4, -0.2) is 19.7 Å². The summed E-state index contributed by atoms with van der Waals surface area (Å²) < 4.78 is 26.5. The van der Waals surface area contributed by atoms with Crippen LogP contribution in [0, 0.1) is 5.82 Å². The number of benzene rings is 2. The molecular formula is C20H15FN4O2. The lowest BCUT2D eigenvalue weighted by Gasteiger charge is -2.25. The third kappa shape index (κ3) is 2.92. The largest absolute Gasteiger partial charge is 0.365 e. The van der Waals surface area contributed by atoms with E-state index in [0.29, 0.717) is 36.1 Å². The van der Waals surface area contributed by atoms with Crippen LogP contribution in [0.15, 0.2) is 65.4 Å². The minimum Gasteiger partial charge on any atom is -0.365 e. The highest BCUT2D eigenvalue weighted by atomic mass is 19.1. The van der Waals surface area contributed by atoms with Gasteiger partial charge in [0.25, 0.3) is 5.89 Å². The van der Waals surface area contributed by atoms with Gasteiger partial charge in [0.1, 0.15) is 11.9 Å². The first-order valence-corrected chi connectivity index (χ1v) is 8.58. The maximum Gasteiger partial charge on any atom is 0.278 e. The third-order valence-electron chi connectivity index (χ3n) is 4.63. The van der Waals surface area contributed by atoms with Gasteiger partial charge in [-0.25, -0.2) is 9.37 Å². The number of hydrogen-bond donors (Lipinski definition) is 0. The molecule has 0 bridgehead atoms. The number of ether oxygens (including phenoxy) is 1. The van der Waals surface area contributed by atoms with Crippen LogP contribution >= 0.6 is 0 Å². The molecule has 0 fully saturated rings. The molecular weight excluding hydrogens is 347 g/mol. The number of hydrogen-bond acceptors (Lipinski definition) is 5. The molecule has 27 heavy (non-hydrogen) atoms. The molecule has 4 aromatic rings. The van der Waals surface area contributed by atoms with E-state index in [2.05, 4.69) is 31.8 Å². The van der Waals surface area contributed by atoms with Crippen LogP contribution in [0.4, 0.5) is 4.39 Å². The van der Waals surface area contributed by atoms with Gasteiger partial charge >= 0.3 is 0 Å². The Morgan fingerprint density at radius 1 is 1.04 bits per heavy atom. The number of nitrogens with zero attached hydrogens (tertiary/aromatic N) is 4. The zero-order valence-corrected chi connectivity index (χ0v) is 14.2. The second-order valence-corrected chi connectivity index (χ2v) is 6.33. The van der Waals surface area contributed by atoms with Crippen molar-refractivity contribution < 1.29 is 13.7 Å². The highest BCUT2D eigenvalue weighted by Gasteiger charge is 2.26. The maximum absolute atomic E-state index is 13.1. The summed E-state index contributed by atoms with van der Waals surface area (Å²) in [6.07, 6.45) is 1.75. The first-order chi connectivity index (χ1) is 13.3. The molecule has 0 amide bonds. The number of halogens is 1. The van der Waals surface area contributed by atoms with Gasteiger partial charge in [0.2, 0.25) is 5.82 Å². The summed E-state index contributed by atoms with van der Waals surface area (Å²) in [5, 5.41) is 3.98. The summed E-state index contributed by atoms with van der Waals surface area (Å²) >= 11 is 0. The smallest absolute Gasteiger partial charge is 0.278 e. The van der Waals surface area contributed by atoms with E-state index in [9.17, 15) is 4.39 Å². The van der Waals surface area contributed by atoms with Gasteiger partial charge in [-0.3, -0.25) is 0 Å². The van der Waals surface area contributed by atoms with Crippen molar-refractivity contribution in [1.29, 1.82) is 0 Å². The zero-order valence-electron chi connectivity index (χ0n) is 14.2. The molecule has 0 spiro atoms. The minimum absolute atomic E-state index is 0.0155. The van der Waals surface area contributed by atoms with Crippen LogP contribution in [0.2, 0.25) is 0 Å². The molecule has 2 aromatic heterocycles. The Hall–Kier alpha value is -3.32. The molecule has 0 aliphatic carbocycles. The van der Waals surface area contributed by atoms with Crippen molar-refractivity contribution in [1.82, 2.24) is 19.7 Å². The summed E-state index contributed by atoms with van der Waals surface area (Å²) in [5.41, 5.74) is 3.33. The Morgan fingerprint density at radius 3 is 2.67 bits per heavy atom. The normalized spacial score (nSPS) is 16.3. The Labute approximate surface area is 154 Å². The van der Waals surface area contributed by atoms with Gasteiger partial charge in [-0.2, -0.15) is 4.98 Å². The topological polar surface area (TPSA) is 66.0 Å². The first-order valence-electron chi connectivity index (χ1n) is 8.58. The van der Waals surface area contributed by atoms with E-state index in [-0.39, 0.29) is 11.9 Å². The summed E-state index contributed by atoms with van der Waals surface area (Å²) in [4.78, 5) is 8.85. The summed E-state index contributed by atoms with van der Waals surface area (Å²) in [5.74, 6) is 0.409. The van der Waals surface area contributed by atoms with E-state index in [1.807, 2.05) is 18.2 Å². The fourth-order valence-electron chi connectivity index (χ4n) is 3.21. The number of imidazole rings is 1. The summed E-state index contributed by atoms with van der Waals surface area (Å²) in [6, 6.07) is 16.1. The molecule has 2 aromatic carbocycles. The Bertz CT molecular complexity index is 1070.